The van der Waals surface area contributed by atoms with Crippen LogP contribution in [-0.4, -0.2) is 71.3 Å². The molecule has 0 aromatic rings. The molecule has 0 aromatic carbocycles. The highest BCUT2D eigenvalue weighted by atomic mass is 28.4. The largest absolute Gasteiger partial charge is 0.414 e. The summed E-state index contributed by atoms with van der Waals surface area (Å²) in [6.45, 7) is 21.9. The first-order valence-corrected chi connectivity index (χ1v) is 15.6. The van der Waals surface area contributed by atoms with Gasteiger partial charge in [0.25, 0.3) is 0 Å². The average molecular weight is 423 g/mol. The Morgan fingerprint density at radius 3 is 1.74 bits per heavy atom. The van der Waals surface area contributed by atoms with Crippen LogP contribution in [0.4, 0.5) is 0 Å². The topological polar surface area (TPSA) is 77.4 Å². The maximum Gasteiger partial charge on any atom is 0.192 e. The minimum absolute atomic E-state index is 0.0272. The molecule has 0 saturated carbocycles. The van der Waals surface area contributed by atoms with Crippen LogP contribution in [0.5, 0.6) is 0 Å². The van der Waals surface area contributed by atoms with Crippen LogP contribution in [0.25, 0.3) is 0 Å². The van der Waals surface area contributed by atoms with Crippen molar-refractivity contribution in [2.24, 2.45) is 0 Å². The van der Waals surface area contributed by atoms with Crippen molar-refractivity contribution in [3.8, 4) is 0 Å². The lowest BCUT2D eigenvalue weighted by Gasteiger charge is -2.48. The zero-order chi connectivity index (χ0) is 21.4. The molecule has 27 heavy (non-hydrogen) atoms. The smallest absolute Gasteiger partial charge is 0.192 e. The van der Waals surface area contributed by atoms with E-state index in [0.29, 0.717) is 6.61 Å². The van der Waals surface area contributed by atoms with E-state index in [-0.39, 0.29) is 10.1 Å². The van der Waals surface area contributed by atoms with Gasteiger partial charge in [0.1, 0.15) is 24.4 Å². The van der Waals surface area contributed by atoms with Crippen molar-refractivity contribution in [2.75, 3.05) is 13.7 Å². The molecule has 1 fully saturated rings. The Bertz CT molecular complexity index is 484. The predicted octanol–water partition coefficient (Wildman–Crippen LogP) is 3.49. The maximum absolute atomic E-state index is 10.8. The van der Waals surface area contributed by atoms with Crippen molar-refractivity contribution in [3.63, 3.8) is 0 Å². The molecule has 1 saturated heterocycles. The van der Waals surface area contributed by atoms with Crippen LogP contribution in [0.1, 0.15) is 41.5 Å². The van der Waals surface area contributed by atoms with Crippen LogP contribution >= 0.6 is 0 Å². The molecule has 0 amide bonds. The number of aliphatic hydroxyl groups is 2. The van der Waals surface area contributed by atoms with Gasteiger partial charge in [0.05, 0.1) is 6.61 Å². The third-order valence-corrected chi connectivity index (χ3v) is 15.5. The summed E-state index contributed by atoms with van der Waals surface area (Å²) in [7, 11) is -2.72. The quantitative estimate of drug-likeness (QED) is 0.638. The number of rotatable bonds is 6. The number of aliphatic hydroxyl groups excluding tert-OH is 2. The fraction of sp³-hybridized carbons (Fsp3) is 1.00. The van der Waals surface area contributed by atoms with Gasteiger partial charge in [-0.1, -0.05) is 41.5 Å². The Morgan fingerprint density at radius 2 is 1.33 bits per heavy atom. The molecule has 6 nitrogen and oxygen atoms in total. The fourth-order valence-electron chi connectivity index (χ4n) is 2.40. The van der Waals surface area contributed by atoms with Gasteiger partial charge >= 0.3 is 0 Å². The van der Waals surface area contributed by atoms with Crippen LogP contribution in [-0.2, 0) is 18.3 Å². The fourth-order valence-corrected chi connectivity index (χ4v) is 4.74. The van der Waals surface area contributed by atoms with E-state index >= 15 is 0 Å². The molecule has 2 N–H and O–H groups in total. The molecule has 0 spiro atoms. The molecule has 0 bridgehead atoms. The average Bonchev–Trinajstić information content (AvgIpc) is 2.48. The van der Waals surface area contributed by atoms with Crippen molar-refractivity contribution in [3.05, 3.63) is 0 Å². The Morgan fingerprint density at radius 1 is 0.852 bits per heavy atom. The molecule has 0 aromatic heterocycles. The number of hydrogen-bond acceptors (Lipinski definition) is 6. The second-order valence-corrected chi connectivity index (χ2v) is 20.2. The Hall–Kier alpha value is 0.194. The SMILES string of the molecule is CO[C@H]1O[C@H](CO[Si](C)(C)C(C)(C)C)[C@H](O[Si](C)(C)C(C)(C)C)[C@@H](O)[C@H]1O. The highest BCUT2D eigenvalue weighted by Crippen LogP contribution is 2.40. The first kappa shape index (κ1) is 25.2. The van der Waals surface area contributed by atoms with Crippen LogP contribution in [0.2, 0.25) is 36.3 Å². The lowest BCUT2D eigenvalue weighted by Crippen LogP contribution is -2.63. The van der Waals surface area contributed by atoms with Crippen LogP contribution in [0, 0.1) is 0 Å². The molecule has 0 unspecified atom stereocenters. The van der Waals surface area contributed by atoms with Crippen LogP contribution < -0.4 is 0 Å². The van der Waals surface area contributed by atoms with Gasteiger partial charge in [-0.05, 0) is 36.3 Å². The van der Waals surface area contributed by atoms with Crippen molar-refractivity contribution in [1.29, 1.82) is 0 Å². The van der Waals surface area contributed by atoms with Crippen LogP contribution in [0.3, 0.4) is 0 Å². The standard InChI is InChI=1S/C19H42O6Si2/c1-18(2,3)26(8,9)23-12-13-16(25-27(10,11)19(4,5)6)14(20)15(21)17(22-7)24-13/h13-17,20-21H,12H2,1-11H3/t13-,14+,15-,16+,17+/m1/s1. The third-order valence-electron chi connectivity index (χ3n) is 6.52. The summed E-state index contributed by atoms with van der Waals surface area (Å²) < 4.78 is 24.0. The number of hydrogen-bond donors (Lipinski definition) is 2. The van der Waals surface area contributed by atoms with E-state index in [9.17, 15) is 10.2 Å². The molecule has 0 radical (unpaired) electrons. The first-order chi connectivity index (χ1) is 11.9. The zero-order valence-corrected chi connectivity index (χ0v) is 21.1. The monoisotopic (exact) mass is 422 g/mol. The summed E-state index contributed by atoms with van der Waals surface area (Å²) in [5.74, 6) is 0. The molecule has 1 aliphatic heterocycles. The van der Waals surface area contributed by atoms with E-state index in [1.165, 1.54) is 7.11 Å². The third kappa shape index (κ3) is 5.85. The zero-order valence-electron chi connectivity index (χ0n) is 19.1. The van der Waals surface area contributed by atoms with E-state index in [1.54, 1.807) is 0 Å². The van der Waals surface area contributed by atoms with Gasteiger partial charge in [-0.15, -0.1) is 0 Å². The number of methoxy groups -OCH3 is 1. The summed E-state index contributed by atoms with van der Waals surface area (Å²) in [6, 6.07) is 0. The molecule has 1 rings (SSSR count). The molecule has 8 heteroatoms. The van der Waals surface area contributed by atoms with Crippen molar-refractivity contribution in [2.45, 2.75) is 109 Å². The van der Waals surface area contributed by atoms with E-state index < -0.39 is 47.3 Å². The van der Waals surface area contributed by atoms with Gasteiger partial charge in [-0.25, -0.2) is 0 Å². The molecule has 1 aliphatic rings. The minimum atomic E-state index is -2.19. The summed E-state index contributed by atoms with van der Waals surface area (Å²) >= 11 is 0. The molecular formula is C19H42O6Si2. The van der Waals surface area contributed by atoms with E-state index in [4.69, 9.17) is 18.3 Å². The van der Waals surface area contributed by atoms with Gasteiger partial charge in [0.2, 0.25) is 0 Å². The highest BCUT2D eigenvalue weighted by molar-refractivity contribution is 6.74. The van der Waals surface area contributed by atoms with Crippen molar-refractivity contribution < 1.29 is 28.5 Å². The predicted molar refractivity (Wildman–Crippen MR) is 113 cm³/mol. The van der Waals surface area contributed by atoms with Crippen molar-refractivity contribution >= 4 is 16.6 Å². The van der Waals surface area contributed by atoms with Gasteiger partial charge in [0, 0.05) is 7.11 Å². The second kappa shape index (κ2) is 8.51. The molecule has 0 aliphatic carbocycles. The Labute approximate surface area is 167 Å². The highest BCUT2D eigenvalue weighted by Gasteiger charge is 2.50. The molecular weight excluding hydrogens is 380 g/mol. The minimum Gasteiger partial charge on any atom is -0.414 e. The molecule has 5 atom stereocenters. The Balaban J connectivity index is 3.07. The summed E-state index contributed by atoms with van der Waals surface area (Å²) in [5, 5.41) is 21.2. The maximum atomic E-state index is 10.8. The Kier molecular flexibility index (Phi) is 7.95. The first-order valence-electron chi connectivity index (χ1n) is 9.81. The normalized spacial score (nSPS) is 31.2. The summed E-state index contributed by atoms with van der Waals surface area (Å²) in [4.78, 5) is 0. The van der Waals surface area contributed by atoms with Gasteiger partial charge < -0.3 is 28.5 Å². The van der Waals surface area contributed by atoms with E-state index in [2.05, 4.69) is 67.7 Å². The molecule has 162 valence electrons. The lowest BCUT2D eigenvalue weighted by atomic mass is 9.99. The second-order valence-electron chi connectivity index (χ2n) is 10.7. The number of ether oxygens (including phenoxy) is 2. The van der Waals surface area contributed by atoms with Gasteiger partial charge in [-0.2, -0.15) is 0 Å². The van der Waals surface area contributed by atoms with E-state index in [1.807, 2.05) is 0 Å². The van der Waals surface area contributed by atoms with Crippen LogP contribution in [0.15, 0.2) is 0 Å². The summed E-state index contributed by atoms with van der Waals surface area (Å²) in [6.07, 6.45) is -4.30. The lowest BCUT2D eigenvalue weighted by molar-refractivity contribution is -0.291. The van der Waals surface area contributed by atoms with Gasteiger partial charge in [-0.3, -0.25) is 0 Å². The molecule has 1 heterocycles. The van der Waals surface area contributed by atoms with Gasteiger partial charge in [0.15, 0.2) is 22.9 Å². The van der Waals surface area contributed by atoms with E-state index in [0.717, 1.165) is 0 Å². The summed E-state index contributed by atoms with van der Waals surface area (Å²) in [5.41, 5.74) is 0. The van der Waals surface area contributed by atoms with Crippen molar-refractivity contribution in [1.82, 2.24) is 0 Å².